The lowest BCUT2D eigenvalue weighted by Gasteiger charge is -2.27. The molecule has 1 atom stereocenters. The maximum atomic E-state index is 13.9. The quantitative estimate of drug-likeness (QED) is 0.600. The van der Waals surface area contributed by atoms with E-state index < -0.39 is 41.9 Å². The number of carbonyl (C=O) groups is 2. The first-order valence-electron chi connectivity index (χ1n) is 9.41. The summed E-state index contributed by atoms with van der Waals surface area (Å²) in [5.41, 5.74) is 1.22. The Morgan fingerprint density at radius 3 is 1.80 bits per heavy atom. The molecular formula is C24H21F2NO3. The minimum atomic E-state index is -1.08. The van der Waals surface area contributed by atoms with Crippen molar-refractivity contribution in [1.82, 2.24) is 5.32 Å². The Kier molecular flexibility index (Phi) is 6.91. The highest BCUT2D eigenvalue weighted by Crippen LogP contribution is 2.29. The zero-order chi connectivity index (χ0) is 21.5. The van der Waals surface area contributed by atoms with Gasteiger partial charge in [-0.1, -0.05) is 66.7 Å². The minimum Gasteiger partial charge on any atom is -0.467 e. The Balaban J connectivity index is 1.95. The van der Waals surface area contributed by atoms with Crippen LogP contribution in [0.4, 0.5) is 8.78 Å². The molecule has 0 saturated heterocycles. The molecule has 0 heterocycles. The Morgan fingerprint density at radius 1 is 0.833 bits per heavy atom. The third-order valence-corrected chi connectivity index (χ3v) is 4.82. The SMILES string of the molecule is COC(=O)[C@H](NC(=O)Cc1c(F)cccc1F)C(c1ccccc1)c1ccccc1. The van der Waals surface area contributed by atoms with Crippen LogP contribution in [0.25, 0.3) is 0 Å². The summed E-state index contributed by atoms with van der Waals surface area (Å²) < 4.78 is 32.8. The van der Waals surface area contributed by atoms with Gasteiger partial charge in [-0.15, -0.1) is 0 Å². The molecule has 6 heteroatoms. The molecule has 3 aromatic rings. The van der Waals surface area contributed by atoms with Crippen LogP contribution in [-0.2, 0) is 20.7 Å². The van der Waals surface area contributed by atoms with Crippen molar-refractivity contribution >= 4 is 11.9 Å². The maximum absolute atomic E-state index is 13.9. The smallest absolute Gasteiger partial charge is 0.329 e. The normalized spacial score (nSPS) is 11.7. The van der Waals surface area contributed by atoms with E-state index in [1.165, 1.54) is 13.2 Å². The molecule has 0 saturated carbocycles. The molecule has 1 N–H and O–H groups in total. The number of hydrogen-bond donors (Lipinski definition) is 1. The van der Waals surface area contributed by atoms with Gasteiger partial charge in [-0.2, -0.15) is 0 Å². The summed E-state index contributed by atoms with van der Waals surface area (Å²) in [6.45, 7) is 0. The van der Waals surface area contributed by atoms with E-state index in [0.717, 1.165) is 23.3 Å². The summed E-state index contributed by atoms with van der Waals surface area (Å²) in [4.78, 5) is 25.3. The molecule has 154 valence electrons. The van der Waals surface area contributed by atoms with E-state index in [0.29, 0.717) is 0 Å². The van der Waals surface area contributed by atoms with Gasteiger partial charge in [0.05, 0.1) is 13.5 Å². The van der Waals surface area contributed by atoms with Crippen LogP contribution in [0.2, 0.25) is 0 Å². The number of halogens is 2. The average molecular weight is 409 g/mol. The number of rotatable bonds is 7. The maximum Gasteiger partial charge on any atom is 0.329 e. The fourth-order valence-electron chi connectivity index (χ4n) is 3.39. The zero-order valence-corrected chi connectivity index (χ0v) is 16.3. The lowest BCUT2D eigenvalue weighted by atomic mass is 9.84. The van der Waals surface area contributed by atoms with Crippen molar-refractivity contribution < 1.29 is 23.1 Å². The molecule has 0 radical (unpaired) electrons. The lowest BCUT2D eigenvalue weighted by molar-refractivity contribution is -0.145. The molecule has 0 fully saturated rings. The second kappa shape index (κ2) is 9.78. The van der Waals surface area contributed by atoms with Crippen LogP contribution >= 0.6 is 0 Å². The first-order valence-corrected chi connectivity index (χ1v) is 9.41. The monoisotopic (exact) mass is 409 g/mol. The summed E-state index contributed by atoms with van der Waals surface area (Å²) in [5.74, 6) is -3.53. The largest absolute Gasteiger partial charge is 0.467 e. The predicted molar refractivity (Wildman–Crippen MR) is 109 cm³/mol. The molecule has 30 heavy (non-hydrogen) atoms. The minimum absolute atomic E-state index is 0.352. The third-order valence-electron chi connectivity index (χ3n) is 4.82. The lowest BCUT2D eigenvalue weighted by Crippen LogP contribution is -2.46. The van der Waals surface area contributed by atoms with Gasteiger partial charge in [0, 0.05) is 11.5 Å². The number of amides is 1. The van der Waals surface area contributed by atoms with Gasteiger partial charge in [-0.25, -0.2) is 13.6 Å². The van der Waals surface area contributed by atoms with E-state index in [1.54, 1.807) is 0 Å². The topological polar surface area (TPSA) is 55.4 Å². The molecule has 0 aliphatic rings. The molecule has 0 spiro atoms. The molecular weight excluding hydrogens is 388 g/mol. The van der Waals surface area contributed by atoms with Gasteiger partial charge < -0.3 is 10.1 Å². The zero-order valence-electron chi connectivity index (χ0n) is 16.3. The van der Waals surface area contributed by atoms with Crippen LogP contribution in [-0.4, -0.2) is 25.0 Å². The van der Waals surface area contributed by atoms with Crippen molar-refractivity contribution in [3.8, 4) is 0 Å². The van der Waals surface area contributed by atoms with E-state index in [9.17, 15) is 18.4 Å². The van der Waals surface area contributed by atoms with Gasteiger partial charge in [0.25, 0.3) is 0 Å². The van der Waals surface area contributed by atoms with Crippen molar-refractivity contribution in [2.24, 2.45) is 0 Å². The van der Waals surface area contributed by atoms with Crippen LogP contribution < -0.4 is 5.32 Å². The first-order chi connectivity index (χ1) is 14.5. The van der Waals surface area contributed by atoms with Crippen molar-refractivity contribution in [2.75, 3.05) is 7.11 Å². The highest BCUT2D eigenvalue weighted by atomic mass is 19.1. The van der Waals surface area contributed by atoms with E-state index in [-0.39, 0.29) is 5.56 Å². The number of nitrogens with one attached hydrogen (secondary N) is 1. The third kappa shape index (κ3) is 4.89. The van der Waals surface area contributed by atoms with Crippen LogP contribution in [0.3, 0.4) is 0 Å². The molecule has 3 rings (SSSR count). The van der Waals surface area contributed by atoms with E-state index in [1.807, 2.05) is 60.7 Å². The van der Waals surface area contributed by atoms with Crippen molar-refractivity contribution in [2.45, 2.75) is 18.4 Å². The molecule has 0 aliphatic carbocycles. The Hall–Kier alpha value is -3.54. The van der Waals surface area contributed by atoms with Gasteiger partial charge in [0.15, 0.2) is 0 Å². The number of hydrogen-bond acceptors (Lipinski definition) is 3. The van der Waals surface area contributed by atoms with Crippen molar-refractivity contribution in [3.63, 3.8) is 0 Å². The van der Waals surface area contributed by atoms with E-state index in [2.05, 4.69) is 5.32 Å². The van der Waals surface area contributed by atoms with Crippen LogP contribution in [0.1, 0.15) is 22.6 Å². The standard InChI is InChI=1S/C24H21F2NO3/c1-30-24(29)23(27-21(28)15-18-19(25)13-8-14-20(18)26)22(16-9-4-2-5-10-16)17-11-6-3-7-12-17/h2-14,22-23H,15H2,1H3,(H,27,28)/t23-/m1/s1. The molecule has 0 aromatic heterocycles. The van der Waals surface area contributed by atoms with Crippen LogP contribution in [0, 0.1) is 11.6 Å². The highest BCUT2D eigenvalue weighted by molar-refractivity contribution is 5.87. The molecule has 0 unspecified atom stereocenters. The second-order valence-electron chi connectivity index (χ2n) is 6.74. The van der Waals surface area contributed by atoms with E-state index >= 15 is 0 Å². The van der Waals surface area contributed by atoms with E-state index in [4.69, 9.17) is 4.74 Å². The van der Waals surface area contributed by atoms with Gasteiger partial charge in [-0.05, 0) is 23.3 Å². The highest BCUT2D eigenvalue weighted by Gasteiger charge is 2.33. The van der Waals surface area contributed by atoms with Gasteiger partial charge in [0.2, 0.25) is 5.91 Å². The molecule has 1 amide bonds. The summed E-state index contributed by atoms with van der Waals surface area (Å²) in [5, 5.41) is 2.62. The molecule has 0 bridgehead atoms. The van der Waals surface area contributed by atoms with Crippen molar-refractivity contribution in [1.29, 1.82) is 0 Å². The number of esters is 1. The van der Waals surface area contributed by atoms with Crippen molar-refractivity contribution in [3.05, 3.63) is 107 Å². The summed E-state index contributed by atoms with van der Waals surface area (Å²) >= 11 is 0. The average Bonchev–Trinajstić information content (AvgIpc) is 2.77. The number of benzene rings is 3. The Bertz CT molecular complexity index is 950. The van der Waals surface area contributed by atoms with Gasteiger partial charge >= 0.3 is 5.97 Å². The van der Waals surface area contributed by atoms with Crippen LogP contribution in [0.5, 0.6) is 0 Å². The van der Waals surface area contributed by atoms with Gasteiger partial charge in [-0.3, -0.25) is 4.79 Å². The number of methoxy groups -OCH3 is 1. The number of ether oxygens (including phenoxy) is 1. The molecule has 0 aliphatic heterocycles. The van der Waals surface area contributed by atoms with Crippen LogP contribution in [0.15, 0.2) is 78.9 Å². The summed E-state index contributed by atoms with van der Waals surface area (Å²) in [6.07, 6.45) is -0.539. The Labute approximate surface area is 173 Å². The Morgan fingerprint density at radius 2 is 1.33 bits per heavy atom. The summed E-state index contributed by atoms with van der Waals surface area (Å²) in [6, 6.07) is 20.7. The fraction of sp³-hybridized carbons (Fsp3) is 0.167. The number of carbonyl (C=O) groups excluding carboxylic acids is 2. The fourth-order valence-corrected chi connectivity index (χ4v) is 3.39. The second-order valence-corrected chi connectivity index (χ2v) is 6.74. The summed E-state index contributed by atoms with van der Waals surface area (Å²) in [7, 11) is 1.23. The predicted octanol–water partition coefficient (Wildman–Crippen LogP) is 4.00. The molecule has 3 aromatic carbocycles. The van der Waals surface area contributed by atoms with Gasteiger partial charge in [0.1, 0.15) is 17.7 Å². The first kappa shape index (κ1) is 21.2. The molecule has 4 nitrogen and oxygen atoms in total.